The van der Waals surface area contributed by atoms with Gasteiger partial charge in [-0.3, -0.25) is 9.00 Å². The third kappa shape index (κ3) is 3.60. The summed E-state index contributed by atoms with van der Waals surface area (Å²) in [6, 6.07) is 11.4. The van der Waals surface area contributed by atoms with Crippen LogP contribution in [0.3, 0.4) is 0 Å². The van der Waals surface area contributed by atoms with Crippen LogP contribution < -0.4 is 0 Å². The highest BCUT2D eigenvalue weighted by molar-refractivity contribution is 9.10. The van der Waals surface area contributed by atoms with Crippen molar-refractivity contribution in [1.82, 2.24) is 0 Å². The predicted octanol–water partition coefficient (Wildman–Crippen LogP) is 3.64. The van der Waals surface area contributed by atoms with Crippen LogP contribution in [-0.2, 0) is 16.6 Å². The second-order valence-electron chi connectivity index (χ2n) is 3.73. The van der Waals surface area contributed by atoms with Crippen LogP contribution in [0.2, 0.25) is 0 Å². The monoisotopic (exact) mass is 342 g/mol. The van der Waals surface area contributed by atoms with Crippen LogP contribution in [0.15, 0.2) is 46.3 Å². The lowest BCUT2D eigenvalue weighted by Crippen LogP contribution is -2.11. The number of carbonyl (C=O) groups excluding carboxylic acids is 1. The van der Waals surface area contributed by atoms with E-state index in [1.165, 1.54) is 11.3 Å². The summed E-state index contributed by atoms with van der Waals surface area (Å²) >= 11 is 4.69. The zero-order chi connectivity index (χ0) is 13.0. The Bertz CT molecular complexity index is 563. The molecule has 2 nitrogen and oxygen atoms in total. The Morgan fingerprint density at radius 2 is 1.94 bits per heavy atom. The Morgan fingerprint density at radius 3 is 2.56 bits per heavy atom. The minimum absolute atomic E-state index is 0.0638. The highest BCUT2D eigenvalue weighted by Crippen LogP contribution is 2.23. The molecule has 0 bridgehead atoms. The topological polar surface area (TPSA) is 34.1 Å². The summed E-state index contributed by atoms with van der Waals surface area (Å²) in [6.07, 6.45) is 0. The minimum Gasteiger partial charge on any atom is -0.292 e. The van der Waals surface area contributed by atoms with Crippen LogP contribution in [0.4, 0.5) is 0 Å². The van der Waals surface area contributed by atoms with Gasteiger partial charge in [0.25, 0.3) is 0 Å². The average Bonchev–Trinajstić information content (AvgIpc) is 2.76. The molecule has 0 aliphatic rings. The van der Waals surface area contributed by atoms with Gasteiger partial charge in [0.05, 0.1) is 10.6 Å². The summed E-state index contributed by atoms with van der Waals surface area (Å²) in [4.78, 5) is 12.6. The number of hydrogen-bond acceptors (Lipinski definition) is 3. The maximum Gasteiger partial charge on any atom is 0.186 e. The summed E-state index contributed by atoms with van der Waals surface area (Å²) in [5, 5.41) is 1.84. The van der Waals surface area contributed by atoms with Crippen LogP contribution in [0.5, 0.6) is 0 Å². The summed E-state index contributed by atoms with van der Waals surface area (Å²) < 4.78 is 12.7. The molecule has 0 saturated heterocycles. The van der Waals surface area contributed by atoms with Crippen molar-refractivity contribution in [3.05, 3.63) is 56.7 Å². The van der Waals surface area contributed by atoms with Gasteiger partial charge in [-0.2, -0.15) is 0 Å². The zero-order valence-corrected chi connectivity index (χ0v) is 12.7. The third-order valence-electron chi connectivity index (χ3n) is 2.33. The van der Waals surface area contributed by atoms with Crippen molar-refractivity contribution in [2.45, 2.75) is 5.75 Å². The van der Waals surface area contributed by atoms with E-state index in [1.807, 2.05) is 41.8 Å². The SMILES string of the molecule is O=C(CS(=O)Cc1ccccc1)c1sccc1Br. The summed E-state index contributed by atoms with van der Waals surface area (Å²) in [5.74, 6) is 0.440. The number of carbonyl (C=O) groups is 1. The van der Waals surface area contributed by atoms with Gasteiger partial charge >= 0.3 is 0 Å². The third-order valence-corrected chi connectivity index (χ3v) is 5.45. The highest BCUT2D eigenvalue weighted by atomic mass is 79.9. The highest BCUT2D eigenvalue weighted by Gasteiger charge is 2.15. The van der Waals surface area contributed by atoms with E-state index in [0.717, 1.165) is 10.0 Å². The van der Waals surface area contributed by atoms with Crippen molar-refractivity contribution >= 4 is 43.8 Å². The van der Waals surface area contributed by atoms with Gasteiger partial charge in [0.15, 0.2) is 5.78 Å². The van der Waals surface area contributed by atoms with Crippen molar-refractivity contribution in [3.8, 4) is 0 Å². The molecule has 1 heterocycles. The number of rotatable bonds is 5. The molecule has 0 fully saturated rings. The Morgan fingerprint density at radius 1 is 1.22 bits per heavy atom. The van der Waals surface area contributed by atoms with E-state index in [-0.39, 0.29) is 11.5 Å². The van der Waals surface area contributed by atoms with Gasteiger partial charge in [0.1, 0.15) is 0 Å². The molecule has 18 heavy (non-hydrogen) atoms. The minimum atomic E-state index is -1.16. The van der Waals surface area contributed by atoms with Crippen molar-refractivity contribution in [3.63, 3.8) is 0 Å². The van der Waals surface area contributed by atoms with Crippen LogP contribution in [0.1, 0.15) is 15.2 Å². The largest absolute Gasteiger partial charge is 0.292 e. The zero-order valence-electron chi connectivity index (χ0n) is 9.47. The van der Waals surface area contributed by atoms with Crippen LogP contribution in [0.25, 0.3) is 0 Å². The Labute approximate surface area is 121 Å². The van der Waals surface area contributed by atoms with E-state index in [9.17, 15) is 9.00 Å². The number of thiophene rings is 1. The van der Waals surface area contributed by atoms with Crippen LogP contribution >= 0.6 is 27.3 Å². The molecule has 0 aliphatic carbocycles. The van der Waals surface area contributed by atoms with Gasteiger partial charge in [0, 0.05) is 21.0 Å². The van der Waals surface area contributed by atoms with E-state index in [0.29, 0.717) is 10.6 Å². The molecule has 2 aromatic rings. The van der Waals surface area contributed by atoms with Crippen molar-refractivity contribution < 1.29 is 9.00 Å². The maximum atomic E-state index is 11.9. The van der Waals surface area contributed by atoms with Crippen molar-refractivity contribution in [2.24, 2.45) is 0 Å². The number of ketones is 1. The number of Topliss-reactive ketones (excluding diaryl/α,β-unsaturated/α-hetero) is 1. The molecule has 2 rings (SSSR count). The molecule has 1 atom stereocenters. The molecule has 0 spiro atoms. The van der Waals surface area contributed by atoms with Gasteiger partial charge in [-0.05, 0) is 32.9 Å². The molecule has 1 aromatic carbocycles. The molecular formula is C13H11BrO2S2. The van der Waals surface area contributed by atoms with Crippen molar-refractivity contribution in [2.75, 3.05) is 5.75 Å². The molecule has 1 aromatic heterocycles. The summed E-state index contributed by atoms with van der Waals surface area (Å²) in [5.41, 5.74) is 0.994. The average molecular weight is 343 g/mol. The van der Waals surface area contributed by atoms with Gasteiger partial charge in [0.2, 0.25) is 0 Å². The molecule has 0 aliphatic heterocycles. The molecule has 1 unspecified atom stereocenters. The smallest absolute Gasteiger partial charge is 0.186 e. The van der Waals surface area contributed by atoms with E-state index >= 15 is 0 Å². The fraction of sp³-hybridized carbons (Fsp3) is 0.154. The van der Waals surface area contributed by atoms with E-state index in [1.54, 1.807) is 0 Å². The van der Waals surface area contributed by atoms with Crippen LogP contribution in [-0.4, -0.2) is 15.7 Å². The molecule has 0 N–H and O–H groups in total. The van der Waals surface area contributed by atoms with E-state index in [2.05, 4.69) is 15.9 Å². The Kier molecular flexibility index (Phi) is 4.86. The van der Waals surface area contributed by atoms with Gasteiger partial charge in [-0.1, -0.05) is 30.3 Å². The maximum absolute atomic E-state index is 11.9. The molecular weight excluding hydrogens is 332 g/mol. The number of halogens is 1. The molecule has 0 radical (unpaired) electrons. The van der Waals surface area contributed by atoms with E-state index in [4.69, 9.17) is 0 Å². The fourth-order valence-corrected chi connectivity index (χ4v) is 4.24. The van der Waals surface area contributed by atoms with Gasteiger partial charge in [-0.25, -0.2) is 0 Å². The first-order valence-corrected chi connectivity index (χ1v) is 8.48. The lowest BCUT2D eigenvalue weighted by Gasteiger charge is -2.01. The quantitative estimate of drug-likeness (QED) is 0.777. The number of benzene rings is 1. The Balaban J connectivity index is 1.96. The molecule has 94 valence electrons. The lowest BCUT2D eigenvalue weighted by atomic mass is 10.2. The normalized spacial score (nSPS) is 12.3. The molecule has 0 amide bonds. The van der Waals surface area contributed by atoms with Gasteiger partial charge < -0.3 is 0 Å². The fourth-order valence-electron chi connectivity index (χ4n) is 1.52. The van der Waals surface area contributed by atoms with Crippen molar-refractivity contribution in [1.29, 1.82) is 0 Å². The predicted molar refractivity (Wildman–Crippen MR) is 79.5 cm³/mol. The second-order valence-corrected chi connectivity index (χ2v) is 6.96. The Hall–Kier alpha value is -0.780. The summed E-state index contributed by atoms with van der Waals surface area (Å²) in [7, 11) is -1.16. The standard InChI is InChI=1S/C13H11BrO2S2/c14-11-6-7-17-13(11)12(15)9-18(16)8-10-4-2-1-3-5-10/h1-7H,8-9H2. The summed E-state index contributed by atoms with van der Waals surface area (Å²) in [6.45, 7) is 0. The molecule has 5 heteroatoms. The second kappa shape index (κ2) is 6.41. The first-order valence-electron chi connectivity index (χ1n) is 5.32. The van der Waals surface area contributed by atoms with Gasteiger partial charge in [-0.15, -0.1) is 11.3 Å². The van der Waals surface area contributed by atoms with E-state index < -0.39 is 10.8 Å². The lowest BCUT2D eigenvalue weighted by molar-refractivity contribution is 0.102. The van der Waals surface area contributed by atoms with Crippen LogP contribution in [0, 0.1) is 0 Å². The molecule has 0 saturated carbocycles. The first-order chi connectivity index (χ1) is 8.66. The first kappa shape index (κ1) is 13.6. The number of hydrogen-bond donors (Lipinski definition) is 0.